The van der Waals surface area contributed by atoms with Crippen LogP contribution in [-0.2, 0) is 4.79 Å². The lowest BCUT2D eigenvalue weighted by molar-refractivity contribution is -0.127. The summed E-state index contributed by atoms with van der Waals surface area (Å²) in [6.45, 7) is 2.28. The number of thioether (sulfide) groups is 2. The zero-order valence-corrected chi connectivity index (χ0v) is 17.9. The Morgan fingerprint density at radius 3 is 2.46 bits per heavy atom. The highest BCUT2D eigenvalue weighted by Crippen LogP contribution is 2.24. The molecule has 0 bridgehead atoms. The van der Waals surface area contributed by atoms with E-state index >= 15 is 0 Å². The van der Waals surface area contributed by atoms with E-state index in [1.807, 2.05) is 53.4 Å². The maximum absolute atomic E-state index is 12.6. The average molecular weight is 435 g/mol. The Labute approximate surface area is 179 Å². The molecule has 0 unspecified atom stereocenters. The summed E-state index contributed by atoms with van der Waals surface area (Å²) in [7, 11) is 0. The van der Waals surface area contributed by atoms with Crippen LogP contribution in [0.2, 0.25) is 5.02 Å². The average Bonchev–Trinajstić information content (AvgIpc) is 3.26. The predicted molar refractivity (Wildman–Crippen MR) is 117 cm³/mol. The number of nitrogens with zero attached hydrogens (tertiary/aromatic N) is 1. The molecule has 1 saturated heterocycles. The molecule has 1 heterocycles. The Hall–Kier alpha value is -1.63. The van der Waals surface area contributed by atoms with Crippen molar-refractivity contribution in [3.63, 3.8) is 0 Å². The highest BCUT2D eigenvalue weighted by molar-refractivity contribution is 8.00. The van der Waals surface area contributed by atoms with Crippen LogP contribution in [0.5, 0.6) is 0 Å². The van der Waals surface area contributed by atoms with Crippen LogP contribution in [0.15, 0.2) is 58.3 Å². The first kappa shape index (κ1) is 21.1. The Morgan fingerprint density at radius 1 is 1.00 bits per heavy atom. The van der Waals surface area contributed by atoms with Crippen molar-refractivity contribution in [3.05, 3.63) is 59.1 Å². The molecule has 28 heavy (non-hydrogen) atoms. The quantitative estimate of drug-likeness (QED) is 0.488. The third-order valence-electron chi connectivity index (χ3n) is 4.41. The number of amides is 2. The van der Waals surface area contributed by atoms with E-state index in [0.717, 1.165) is 46.5 Å². The summed E-state index contributed by atoms with van der Waals surface area (Å²) in [5, 5.41) is 3.69. The van der Waals surface area contributed by atoms with Crippen LogP contribution in [0.4, 0.5) is 0 Å². The van der Waals surface area contributed by atoms with Gasteiger partial charge in [0.1, 0.15) is 0 Å². The Morgan fingerprint density at radius 2 is 1.71 bits per heavy atom. The number of hydrogen-bond donors (Lipinski definition) is 1. The van der Waals surface area contributed by atoms with Gasteiger partial charge in [-0.25, -0.2) is 0 Å². The second-order valence-corrected chi connectivity index (χ2v) is 9.05. The first-order valence-electron chi connectivity index (χ1n) is 9.29. The molecule has 0 aliphatic carbocycles. The molecule has 4 nitrogen and oxygen atoms in total. The molecule has 0 atom stereocenters. The van der Waals surface area contributed by atoms with Crippen molar-refractivity contribution < 1.29 is 9.59 Å². The SMILES string of the molecule is O=C(NCCSc1ccc(Cl)cc1)c1ccccc1SCC(=O)N1CCCC1. The summed E-state index contributed by atoms with van der Waals surface area (Å²) in [4.78, 5) is 28.7. The van der Waals surface area contributed by atoms with E-state index in [-0.39, 0.29) is 11.8 Å². The van der Waals surface area contributed by atoms with E-state index in [2.05, 4.69) is 5.32 Å². The summed E-state index contributed by atoms with van der Waals surface area (Å²) in [5.41, 5.74) is 0.623. The Balaban J connectivity index is 1.47. The fourth-order valence-electron chi connectivity index (χ4n) is 2.94. The van der Waals surface area contributed by atoms with Crippen molar-refractivity contribution in [2.45, 2.75) is 22.6 Å². The highest BCUT2D eigenvalue weighted by atomic mass is 35.5. The maximum atomic E-state index is 12.6. The summed E-state index contributed by atoms with van der Waals surface area (Å²) < 4.78 is 0. The van der Waals surface area contributed by atoms with Crippen LogP contribution in [0.3, 0.4) is 0 Å². The molecule has 2 aromatic rings. The number of likely N-dealkylation sites (tertiary alicyclic amines) is 1. The van der Waals surface area contributed by atoms with Gasteiger partial charge in [0.15, 0.2) is 0 Å². The zero-order valence-electron chi connectivity index (χ0n) is 15.5. The van der Waals surface area contributed by atoms with Crippen molar-refractivity contribution in [3.8, 4) is 0 Å². The predicted octanol–water partition coefficient (Wildman–Crippen LogP) is 4.58. The maximum Gasteiger partial charge on any atom is 0.252 e. The zero-order chi connectivity index (χ0) is 19.8. The summed E-state index contributed by atoms with van der Waals surface area (Å²) in [6, 6.07) is 15.1. The summed E-state index contributed by atoms with van der Waals surface area (Å²) in [5.74, 6) is 1.19. The Kier molecular flexibility index (Phi) is 8.13. The van der Waals surface area contributed by atoms with Crippen LogP contribution < -0.4 is 5.32 Å². The fourth-order valence-corrected chi connectivity index (χ4v) is 4.78. The fraction of sp³-hybridized carbons (Fsp3) is 0.333. The van der Waals surface area contributed by atoms with E-state index in [9.17, 15) is 9.59 Å². The molecule has 0 saturated carbocycles. The lowest BCUT2D eigenvalue weighted by Crippen LogP contribution is -2.29. The van der Waals surface area contributed by atoms with Gasteiger partial charge < -0.3 is 10.2 Å². The van der Waals surface area contributed by atoms with Crippen molar-refractivity contribution >= 4 is 46.9 Å². The molecule has 148 valence electrons. The second-order valence-electron chi connectivity index (χ2n) is 6.43. The van der Waals surface area contributed by atoms with Gasteiger partial charge in [-0.3, -0.25) is 9.59 Å². The van der Waals surface area contributed by atoms with Crippen molar-refractivity contribution in [2.24, 2.45) is 0 Å². The molecule has 1 aliphatic rings. The van der Waals surface area contributed by atoms with Gasteiger partial charge in [0.2, 0.25) is 5.91 Å². The van der Waals surface area contributed by atoms with E-state index in [1.165, 1.54) is 11.8 Å². The minimum absolute atomic E-state index is 0.103. The minimum Gasteiger partial charge on any atom is -0.351 e. The van der Waals surface area contributed by atoms with Crippen LogP contribution in [0, 0.1) is 0 Å². The number of benzene rings is 2. The molecule has 2 aromatic carbocycles. The number of hydrogen-bond acceptors (Lipinski definition) is 4. The number of carbonyl (C=O) groups is 2. The Bertz CT molecular complexity index is 808. The van der Waals surface area contributed by atoms with E-state index in [4.69, 9.17) is 11.6 Å². The molecular formula is C21H23ClN2O2S2. The molecule has 1 N–H and O–H groups in total. The smallest absolute Gasteiger partial charge is 0.252 e. The molecule has 0 radical (unpaired) electrons. The van der Waals surface area contributed by atoms with Gasteiger partial charge in [-0.2, -0.15) is 0 Å². The largest absolute Gasteiger partial charge is 0.351 e. The van der Waals surface area contributed by atoms with E-state index < -0.39 is 0 Å². The van der Waals surface area contributed by atoms with Crippen LogP contribution in [-0.4, -0.2) is 47.9 Å². The normalized spacial score (nSPS) is 13.5. The van der Waals surface area contributed by atoms with Gasteiger partial charge >= 0.3 is 0 Å². The van der Waals surface area contributed by atoms with Gasteiger partial charge in [-0.1, -0.05) is 23.7 Å². The van der Waals surface area contributed by atoms with Gasteiger partial charge in [-0.15, -0.1) is 23.5 Å². The first-order chi connectivity index (χ1) is 13.6. The monoisotopic (exact) mass is 434 g/mol. The number of nitrogens with one attached hydrogen (secondary N) is 1. The molecule has 7 heteroatoms. The molecule has 1 aliphatic heterocycles. The number of carbonyl (C=O) groups excluding carboxylic acids is 2. The molecule has 0 spiro atoms. The lowest BCUT2D eigenvalue weighted by atomic mass is 10.2. The summed E-state index contributed by atoms with van der Waals surface area (Å²) >= 11 is 9.00. The van der Waals surface area contributed by atoms with Gasteiger partial charge in [-0.05, 0) is 49.2 Å². The van der Waals surface area contributed by atoms with Gasteiger partial charge in [0, 0.05) is 40.2 Å². The molecular weight excluding hydrogens is 412 g/mol. The number of rotatable bonds is 8. The third-order valence-corrected chi connectivity index (χ3v) is 6.74. The number of halogens is 1. The van der Waals surface area contributed by atoms with Crippen LogP contribution in [0.25, 0.3) is 0 Å². The summed E-state index contributed by atoms with van der Waals surface area (Å²) in [6.07, 6.45) is 2.17. The third kappa shape index (κ3) is 6.19. The van der Waals surface area contributed by atoms with Crippen molar-refractivity contribution in [2.75, 3.05) is 31.1 Å². The van der Waals surface area contributed by atoms with Gasteiger partial charge in [0.05, 0.1) is 11.3 Å². The molecule has 2 amide bonds. The van der Waals surface area contributed by atoms with Gasteiger partial charge in [0.25, 0.3) is 5.91 Å². The highest BCUT2D eigenvalue weighted by Gasteiger charge is 2.19. The topological polar surface area (TPSA) is 49.4 Å². The standard InChI is InChI=1S/C21H23ClN2O2S2/c22-16-7-9-17(10-8-16)27-14-11-23-21(26)18-5-1-2-6-19(18)28-15-20(25)24-12-3-4-13-24/h1-2,5-10H,3-4,11-15H2,(H,23,26). The second kappa shape index (κ2) is 10.8. The van der Waals surface area contributed by atoms with E-state index in [0.29, 0.717) is 17.9 Å². The van der Waals surface area contributed by atoms with Crippen molar-refractivity contribution in [1.29, 1.82) is 0 Å². The molecule has 0 aromatic heterocycles. The minimum atomic E-state index is -0.103. The van der Waals surface area contributed by atoms with Crippen LogP contribution >= 0.6 is 35.1 Å². The van der Waals surface area contributed by atoms with Crippen LogP contribution in [0.1, 0.15) is 23.2 Å². The van der Waals surface area contributed by atoms with E-state index in [1.54, 1.807) is 11.8 Å². The first-order valence-corrected chi connectivity index (χ1v) is 11.6. The molecule has 3 rings (SSSR count). The van der Waals surface area contributed by atoms with Crippen molar-refractivity contribution in [1.82, 2.24) is 10.2 Å². The molecule has 1 fully saturated rings. The lowest BCUT2D eigenvalue weighted by Gasteiger charge is -2.15.